The monoisotopic (exact) mass is 349 g/mol. The summed E-state index contributed by atoms with van der Waals surface area (Å²) in [6.07, 6.45) is 4.82. The summed E-state index contributed by atoms with van der Waals surface area (Å²) >= 11 is 0. The fraction of sp³-hybridized carbons (Fsp3) is 0.263. The van der Waals surface area contributed by atoms with E-state index in [0.29, 0.717) is 17.6 Å². The molecule has 1 amide bonds. The molecule has 0 aliphatic heterocycles. The normalized spacial score (nSPS) is 13.9. The van der Waals surface area contributed by atoms with E-state index in [-0.39, 0.29) is 11.6 Å². The van der Waals surface area contributed by atoms with Gasteiger partial charge in [-0.3, -0.25) is 4.79 Å². The Bertz CT molecular complexity index is 919. The number of para-hydroxylation sites is 1. The lowest BCUT2D eigenvalue weighted by molar-refractivity contribution is 0.102. The number of hydrogen-bond acceptors (Lipinski definition) is 5. The summed E-state index contributed by atoms with van der Waals surface area (Å²) in [7, 11) is 1.50. The van der Waals surface area contributed by atoms with Crippen LogP contribution in [-0.2, 0) is 0 Å². The van der Waals surface area contributed by atoms with E-state index in [1.54, 1.807) is 4.68 Å². The quantitative estimate of drug-likeness (QED) is 0.765. The van der Waals surface area contributed by atoms with Crippen molar-refractivity contribution in [2.45, 2.75) is 25.2 Å². The second-order valence-electron chi connectivity index (χ2n) is 6.23. The van der Waals surface area contributed by atoms with Crippen molar-refractivity contribution in [3.63, 3.8) is 0 Å². The van der Waals surface area contributed by atoms with Gasteiger partial charge in [0.2, 0.25) is 5.88 Å². The van der Waals surface area contributed by atoms with E-state index in [0.717, 1.165) is 24.2 Å². The van der Waals surface area contributed by atoms with Gasteiger partial charge in [-0.1, -0.05) is 24.6 Å². The van der Waals surface area contributed by atoms with E-state index in [1.807, 2.05) is 36.4 Å². The van der Waals surface area contributed by atoms with Crippen LogP contribution in [-0.4, -0.2) is 32.8 Å². The van der Waals surface area contributed by atoms with Gasteiger partial charge in [-0.25, -0.2) is 14.6 Å². The van der Waals surface area contributed by atoms with Crippen LogP contribution < -0.4 is 10.1 Å². The maximum atomic E-state index is 12.6. The third-order valence-corrected chi connectivity index (χ3v) is 4.58. The largest absolute Gasteiger partial charge is 0.481 e. The minimum Gasteiger partial charge on any atom is -0.481 e. The molecule has 0 radical (unpaired) electrons. The van der Waals surface area contributed by atoms with Crippen molar-refractivity contribution in [1.29, 1.82) is 0 Å². The Morgan fingerprint density at radius 1 is 1.19 bits per heavy atom. The molecule has 0 saturated heterocycles. The molecule has 2 aromatic heterocycles. The van der Waals surface area contributed by atoms with Gasteiger partial charge in [0.25, 0.3) is 5.91 Å². The molecule has 0 bridgehead atoms. The van der Waals surface area contributed by atoms with Crippen LogP contribution in [0, 0.1) is 0 Å². The number of ether oxygens (including phenoxy) is 1. The summed E-state index contributed by atoms with van der Waals surface area (Å²) in [6.45, 7) is 0. The molecule has 7 heteroatoms. The summed E-state index contributed by atoms with van der Waals surface area (Å²) < 4.78 is 6.83. The minimum absolute atomic E-state index is 0.239. The zero-order valence-corrected chi connectivity index (χ0v) is 14.4. The summed E-state index contributed by atoms with van der Waals surface area (Å²) in [5, 5.41) is 7.64. The van der Waals surface area contributed by atoms with Crippen LogP contribution in [0.4, 0.5) is 5.82 Å². The van der Waals surface area contributed by atoms with Crippen LogP contribution in [0.3, 0.4) is 0 Å². The number of nitrogens with zero attached hydrogens (tertiary/aromatic N) is 4. The number of anilines is 1. The highest BCUT2D eigenvalue weighted by Gasteiger charge is 2.24. The average molecular weight is 349 g/mol. The predicted octanol–water partition coefficient (Wildman–Crippen LogP) is 3.19. The predicted molar refractivity (Wildman–Crippen MR) is 96.7 cm³/mol. The SMILES string of the molecule is COc1cc(C(=O)Nc2cc(C3CCC3)nn2-c2ccccc2)ncn1. The van der Waals surface area contributed by atoms with Gasteiger partial charge in [0.15, 0.2) is 0 Å². The number of nitrogens with one attached hydrogen (secondary N) is 1. The smallest absolute Gasteiger partial charge is 0.275 e. The Morgan fingerprint density at radius 3 is 2.69 bits per heavy atom. The van der Waals surface area contributed by atoms with Crippen LogP contribution in [0.2, 0.25) is 0 Å². The lowest BCUT2D eigenvalue weighted by Crippen LogP contribution is -2.16. The van der Waals surface area contributed by atoms with Gasteiger partial charge in [-0.05, 0) is 25.0 Å². The zero-order valence-electron chi connectivity index (χ0n) is 14.4. The van der Waals surface area contributed by atoms with Gasteiger partial charge in [0.1, 0.15) is 17.8 Å². The Balaban J connectivity index is 1.66. The molecule has 0 atom stereocenters. The zero-order chi connectivity index (χ0) is 17.9. The summed E-state index contributed by atoms with van der Waals surface area (Å²) in [5.74, 6) is 1.11. The highest BCUT2D eigenvalue weighted by Crippen LogP contribution is 2.37. The van der Waals surface area contributed by atoms with Crippen molar-refractivity contribution in [1.82, 2.24) is 19.7 Å². The Hall–Kier alpha value is -3.22. The number of aromatic nitrogens is 4. The molecule has 3 aromatic rings. The molecular formula is C19H19N5O2. The van der Waals surface area contributed by atoms with Crippen molar-refractivity contribution in [3.05, 3.63) is 60.2 Å². The molecule has 26 heavy (non-hydrogen) atoms. The first-order valence-electron chi connectivity index (χ1n) is 8.57. The van der Waals surface area contributed by atoms with Crippen molar-refractivity contribution in [2.24, 2.45) is 0 Å². The van der Waals surface area contributed by atoms with Crippen LogP contribution in [0.25, 0.3) is 5.69 Å². The molecule has 1 aliphatic rings. The molecule has 1 fully saturated rings. The van der Waals surface area contributed by atoms with Crippen molar-refractivity contribution < 1.29 is 9.53 Å². The Morgan fingerprint density at radius 2 is 2.00 bits per heavy atom. The number of hydrogen-bond donors (Lipinski definition) is 1. The highest BCUT2D eigenvalue weighted by molar-refractivity contribution is 6.02. The highest BCUT2D eigenvalue weighted by atomic mass is 16.5. The molecule has 2 heterocycles. The molecule has 0 spiro atoms. The third kappa shape index (κ3) is 3.15. The number of methoxy groups -OCH3 is 1. The van der Waals surface area contributed by atoms with Gasteiger partial charge in [0, 0.05) is 18.1 Å². The van der Waals surface area contributed by atoms with Gasteiger partial charge < -0.3 is 10.1 Å². The number of rotatable bonds is 5. The number of carbonyl (C=O) groups excluding carboxylic acids is 1. The molecule has 1 saturated carbocycles. The fourth-order valence-corrected chi connectivity index (χ4v) is 2.91. The molecule has 7 nitrogen and oxygen atoms in total. The first-order valence-corrected chi connectivity index (χ1v) is 8.57. The molecule has 1 aliphatic carbocycles. The van der Waals surface area contributed by atoms with Crippen LogP contribution in [0.15, 0.2) is 48.8 Å². The molecule has 1 N–H and O–H groups in total. The molecular weight excluding hydrogens is 330 g/mol. The van der Waals surface area contributed by atoms with Crippen LogP contribution >= 0.6 is 0 Å². The molecule has 1 aromatic carbocycles. The lowest BCUT2D eigenvalue weighted by Gasteiger charge is -2.22. The number of carbonyl (C=O) groups is 1. The fourth-order valence-electron chi connectivity index (χ4n) is 2.91. The van der Waals surface area contributed by atoms with E-state index in [4.69, 9.17) is 9.84 Å². The van der Waals surface area contributed by atoms with Crippen molar-refractivity contribution in [2.75, 3.05) is 12.4 Å². The third-order valence-electron chi connectivity index (χ3n) is 4.58. The van der Waals surface area contributed by atoms with Crippen molar-refractivity contribution >= 4 is 11.7 Å². The van der Waals surface area contributed by atoms with Gasteiger partial charge in [0.05, 0.1) is 18.5 Å². The van der Waals surface area contributed by atoms with E-state index in [2.05, 4.69) is 15.3 Å². The summed E-state index contributed by atoms with van der Waals surface area (Å²) in [4.78, 5) is 20.6. The topological polar surface area (TPSA) is 81.9 Å². The first-order chi connectivity index (χ1) is 12.7. The van der Waals surface area contributed by atoms with Crippen molar-refractivity contribution in [3.8, 4) is 11.6 Å². The maximum absolute atomic E-state index is 12.6. The first kappa shape index (κ1) is 16.3. The van der Waals surface area contributed by atoms with E-state index >= 15 is 0 Å². The van der Waals surface area contributed by atoms with Gasteiger partial charge >= 0.3 is 0 Å². The second kappa shape index (κ2) is 6.95. The standard InChI is InChI=1S/C19H19N5O2/c1-26-18-11-16(20-12-21-18)19(25)22-17-10-15(13-6-5-7-13)23-24(17)14-8-3-2-4-9-14/h2-4,8-13H,5-7H2,1H3,(H,22,25). The summed E-state index contributed by atoms with van der Waals surface area (Å²) in [6, 6.07) is 13.2. The van der Waals surface area contributed by atoms with Crippen LogP contribution in [0.1, 0.15) is 41.4 Å². The number of amides is 1. The molecule has 132 valence electrons. The van der Waals surface area contributed by atoms with Gasteiger partial charge in [-0.15, -0.1) is 0 Å². The van der Waals surface area contributed by atoms with E-state index < -0.39 is 0 Å². The molecule has 4 rings (SSSR count). The second-order valence-corrected chi connectivity index (χ2v) is 6.23. The average Bonchev–Trinajstić information content (AvgIpc) is 3.04. The Kier molecular flexibility index (Phi) is 4.35. The van der Waals surface area contributed by atoms with Crippen LogP contribution in [0.5, 0.6) is 5.88 Å². The summed E-state index contributed by atoms with van der Waals surface area (Å²) in [5.41, 5.74) is 2.15. The molecule has 0 unspecified atom stereocenters. The minimum atomic E-state index is -0.331. The van der Waals surface area contributed by atoms with Gasteiger partial charge in [-0.2, -0.15) is 5.10 Å². The lowest BCUT2D eigenvalue weighted by atomic mass is 9.83. The Labute approximate surface area is 151 Å². The van der Waals surface area contributed by atoms with E-state index in [1.165, 1.54) is 25.9 Å². The number of benzene rings is 1. The maximum Gasteiger partial charge on any atom is 0.275 e. The van der Waals surface area contributed by atoms with E-state index in [9.17, 15) is 4.79 Å².